The van der Waals surface area contributed by atoms with Gasteiger partial charge in [0.2, 0.25) is 0 Å². The Kier molecular flexibility index (Phi) is 4.00. The molecule has 1 fully saturated rings. The molecule has 0 aromatic heterocycles. The normalized spacial score (nSPS) is 20.7. The van der Waals surface area contributed by atoms with Crippen LogP contribution < -0.4 is 5.46 Å². The van der Waals surface area contributed by atoms with E-state index in [1.54, 1.807) is 12.1 Å². The van der Waals surface area contributed by atoms with Crippen molar-refractivity contribution in [1.82, 2.24) is 0 Å². The lowest BCUT2D eigenvalue weighted by Gasteiger charge is -2.32. The largest absolute Gasteiger partial charge is 0.497 e. The highest BCUT2D eigenvalue weighted by molar-refractivity contribution is 6.62. The van der Waals surface area contributed by atoms with E-state index >= 15 is 0 Å². The van der Waals surface area contributed by atoms with Crippen molar-refractivity contribution < 1.29 is 13.7 Å². The van der Waals surface area contributed by atoms with E-state index in [2.05, 4.69) is 13.8 Å². The van der Waals surface area contributed by atoms with Gasteiger partial charge in [-0.15, -0.1) is 0 Å². The number of hydrogen-bond donors (Lipinski definition) is 0. The van der Waals surface area contributed by atoms with Crippen molar-refractivity contribution in [3.63, 3.8) is 0 Å². The lowest BCUT2D eigenvalue weighted by molar-refractivity contribution is 0.00578. The summed E-state index contributed by atoms with van der Waals surface area (Å²) in [6, 6.07) is 5.35. The average Bonchev–Trinajstić information content (AvgIpc) is 2.46. The molecule has 2 rings (SSSR count). The molecule has 110 valence electrons. The van der Waals surface area contributed by atoms with Crippen molar-refractivity contribution in [2.75, 3.05) is 0 Å². The maximum Gasteiger partial charge on any atom is 0.497 e. The summed E-state index contributed by atoms with van der Waals surface area (Å²) in [5.41, 5.74) is 0.607. The zero-order valence-electron chi connectivity index (χ0n) is 13.3. The molecule has 1 heterocycles. The molecule has 1 aromatic rings. The minimum Gasteiger partial charge on any atom is -0.399 e. The van der Waals surface area contributed by atoms with Crippen molar-refractivity contribution in [3.8, 4) is 0 Å². The van der Waals surface area contributed by atoms with Crippen LogP contribution in [0, 0.1) is 11.7 Å². The minimum atomic E-state index is -0.631. The van der Waals surface area contributed by atoms with Crippen molar-refractivity contribution >= 4 is 12.6 Å². The summed E-state index contributed by atoms with van der Waals surface area (Å²) in [6.45, 7) is 12.1. The van der Waals surface area contributed by atoms with Gasteiger partial charge in [0.05, 0.1) is 11.2 Å². The average molecular weight is 278 g/mol. The predicted octanol–water partition coefficient (Wildman–Crippen LogP) is 3.32. The fourth-order valence-electron chi connectivity index (χ4n) is 2.33. The van der Waals surface area contributed by atoms with Crippen LogP contribution in [0.15, 0.2) is 18.2 Å². The lowest BCUT2D eigenvalue weighted by Crippen LogP contribution is -2.41. The highest BCUT2D eigenvalue weighted by Crippen LogP contribution is 2.36. The monoisotopic (exact) mass is 278 g/mol. The minimum absolute atomic E-state index is 0.248. The zero-order chi connectivity index (χ0) is 15.1. The highest BCUT2D eigenvalue weighted by Gasteiger charge is 2.52. The predicted molar refractivity (Wildman–Crippen MR) is 80.7 cm³/mol. The molecule has 1 aliphatic rings. The molecular weight excluding hydrogens is 254 g/mol. The summed E-state index contributed by atoms with van der Waals surface area (Å²) < 4.78 is 26.1. The Labute approximate surface area is 121 Å². The van der Waals surface area contributed by atoms with Gasteiger partial charge in [-0.05, 0) is 51.7 Å². The maximum atomic E-state index is 14.3. The number of hydrogen-bond acceptors (Lipinski definition) is 2. The molecular formula is C16H24BFO2. The van der Waals surface area contributed by atoms with Crippen molar-refractivity contribution in [2.24, 2.45) is 5.92 Å². The first-order chi connectivity index (χ1) is 9.12. The first-order valence-electron chi connectivity index (χ1n) is 7.26. The van der Waals surface area contributed by atoms with E-state index < -0.39 is 18.3 Å². The van der Waals surface area contributed by atoms with E-state index in [1.165, 1.54) is 0 Å². The Bertz CT molecular complexity index is 481. The number of rotatable bonds is 3. The standard InChI is InChI=1S/C16H24BFO2/c1-11(2)9-12-7-8-13(14(18)10-12)17-19-15(3,4)16(5,6)20-17/h7-8,10-11H,9H2,1-6H3. The van der Waals surface area contributed by atoms with E-state index in [0.29, 0.717) is 11.4 Å². The molecule has 1 saturated heterocycles. The number of benzene rings is 1. The van der Waals surface area contributed by atoms with E-state index in [0.717, 1.165) is 12.0 Å². The zero-order valence-corrected chi connectivity index (χ0v) is 13.3. The second-order valence-electron chi connectivity index (χ2n) is 7.04. The second kappa shape index (κ2) is 5.16. The van der Waals surface area contributed by atoms with Crippen LogP contribution in [0.2, 0.25) is 0 Å². The smallest absolute Gasteiger partial charge is 0.399 e. The third-order valence-corrected chi connectivity index (χ3v) is 4.22. The van der Waals surface area contributed by atoms with Crippen LogP contribution in [0.25, 0.3) is 0 Å². The summed E-state index contributed by atoms with van der Waals surface area (Å²) in [4.78, 5) is 0. The van der Waals surface area contributed by atoms with Crippen LogP contribution in [0.1, 0.15) is 47.1 Å². The van der Waals surface area contributed by atoms with E-state index in [4.69, 9.17) is 9.31 Å². The third kappa shape index (κ3) is 2.91. The van der Waals surface area contributed by atoms with Gasteiger partial charge in [-0.1, -0.05) is 26.0 Å². The lowest BCUT2D eigenvalue weighted by atomic mass is 9.78. The molecule has 0 atom stereocenters. The molecule has 0 aliphatic carbocycles. The Morgan fingerprint density at radius 2 is 1.65 bits per heavy atom. The van der Waals surface area contributed by atoms with Crippen molar-refractivity contribution in [3.05, 3.63) is 29.6 Å². The van der Waals surface area contributed by atoms with Crippen LogP contribution in [0.4, 0.5) is 4.39 Å². The van der Waals surface area contributed by atoms with Crippen LogP contribution in [-0.2, 0) is 15.7 Å². The van der Waals surface area contributed by atoms with Gasteiger partial charge in [-0.25, -0.2) is 4.39 Å². The Balaban J connectivity index is 2.23. The summed E-state index contributed by atoms with van der Waals surface area (Å²) in [7, 11) is -0.631. The summed E-state index contributed by atoms with van der Waals surface area (Å²) in [5, 5.41) is 0. The topological polar surface area (TPSA) is 18.5 Å². The summed E-state index contributed by atoms with van der Waals surface area (Å²) >= 11 is 0. The highest BCUT2D eigenvalue weighted by atomic mass is 19.1. The van der Waals surface area contributed by atoms with Crippen molar-refractivity contribution in [2.45, 2.75) is 59.2 Å². The molecule has 0 amide bonds. The fourth-order valence-corrected chi connectivity index (χ4v) is 2.33. The van der Waals surface area contributed by atoms with Crippen LogP contribution in [-0.4, -0.2) is 18.3 Å². The fraction of sp³-hybridized carbons (Fsp3) is 0.625. The molecule has 0 N–H and O–H groups in total. The van der Waals surface area contributed by atoms with Gasteiger partial charge >= 0.3 is 7.12 Å². The molecule has 2 nitrogen and oxygen atoms in total. The first-order valence-corrected chi connectivity index (χ1v) is 7.26. The van der Waals surface area contributed by atoms with E-state index in [9.17, 15) is 4.39 Å². The first kappa shape index (κ1) is 15.5. The molecule has 0 saturated carbocycles. The van der Waals surface area contributed by atoms with Crippen LogP contribution in [0.3, 0.4) is 0 Å². The van der Waals surface area contributed by atoms with E-state index in [-0.39, 0.29) is 5.82 Å². The summed E-state index contributed by atoms with van der Waals surface area (Å²) in [5.74, 6) is 0.263. The molecule has 20 heavy (non-hydrogen) atoms. The van der Waals surface area contributed by atoms with Gasteiger partial charge in [-0.2, -0.15) is 0 Å². The molecule has 0 radical (unpaired) electrons. The third-order valence-electron chi connectivity index (χ3n) is 4.22. The van der Waals surface area contributed by atoms with Gasteiger partial charge in [0, 0.05) is 5.46 Å². The van der Waals surface area contributed by atoms with Gasteiger partial charge in [0.1, 0.15) is 5.82 Å². The van der Waals surface area contributed by atoms with Gasteiger partial charge in [-0.3, -0.25) is 0 Å². The van der Waals surface area contributed by atoms with E-state index in [1.807, 2.05) is 33.8 Å². The molecule has 1 aliphatic heterocycles. The van der Waals surface area contributed by atoms with Gasteiger partial charge in [0.15, 0.2) is 0 Å². The molecule has 0 bridgehead atoms. The Hall–Kier alpha value is -0.865. The second-order valence-corrected chi connectivity index (χ2v) is 7.04. The van der Waals surface area contributed by atoms with Gasteiger partial charge < -0.3 is 9.31 Å². The summed E-state index contributed by atoms with van der Waals surface area (Å²) in [6.07, 6.45) is 0.876. The van der Waals surface area contributed by atoms with Crippen molar-refractivity contribution in [1.29, 1.82) is 0 Å². The van der Waals surface area contributed by atoms with Crippen LogP contribution in [0.5, 0.6) is 0 Å². The molecule has 0 unspecified atom stereocenters. The SMILES string of the molecule is CC(C)Cc1ccc(B2OC(C)(C)C(C)(C)O2)c(F)c1. The molecule has 4 heteroatoms. The Morgan fingerprint density at radius 3 is 2.10 bits per heavy atom. The quantitative estimate of drug-likeness (QED) is 0.790. The van der Waals surface area contributed by atoms with Crippen LogP contribution >= 0.6 is 0 Å². The maximum absolute atomic E-state index is 14.3. The number of halogens is 1. The molecule has 1 aromatic carbocycles. The Morgan fingerprint density at radius 1 is 1.10 bits per heavy atom. The van der Waals surface area contributed by atoms with Gasteiger partial charge in [0.25, 0.3) is 0 Å². The molecule has 0 spiro atoms.